The third-order valence-electron chi connectivity index (χ3n) is 9.41. The molecule has 0 aliphatic rings. The smallest absolute Gasteiger partial charge is 0.437 e. The lowest BCUT2D eigenvalue weighted by Gasteiger charge is -2.06. The first-order valence-electron chi connectivity index (χ1n) is 18.4. The summed E-state index contributed by atoms with van der Waals surface area (Å²) in [6, 6.07) is 38.2. The number of aryl methyl sites for hydroxylation is 4. The molecular weight excluding hydrogens is 779 g/mol. The highest BCUT2D eigenvalue weighted by Crippen LogP contribution is 2.39. The first-order valence-corrected chi connectivity index (χ1v) is 19.9. The van der Waals surface area contributed by atoms with Crippen LogP contribution >= 0.6 is 0 Å². The van der Waals surface area contributed by atoms with Gasteiger partial charge in [-0.05, 0) is 128 Å². The second-order valence-corrected chi connectivity index (χ2v) is 15.1. The van der Waals surface area contributed by atoms with Gasteiger partial charge in [0.1, 0.15) is 16.3 Å². The Bertz CT molecular complexity index is 3090. The summed E-state index contributed by atoms with van der Waals surface area (Å²) in [7, 11) is -4.45. The topological polar surface area (TPSA) is 194 Å². The summed E-state index contributed by atoms with van der Waals surface area (Å²) in [5.41, 5.74) is 8.46. The monoisotopic (exact) mass is 814 g/mol. The van der Waals surface area contributed by atoms with Gasteiger partial charge in [0.2, 0.25) is 11.4 Å². The number of azo groups is 4. The van der Waals surface area contributed by atoms with Crippen molar-refractivity contribution in [2.75, 3.05) is 0 Å². The van der Waals surface area contributed by atoms with Crippen LogP contribution in [0.3, 0.4) is 0 Å². The van der Waals surface area contributed by atoms with Crippen molar-refractivity contribution in [1.29, 1.82) is 0 Å². The normalized spacial score (nSPS) is 12.0. The number of rotatable bonds is 11. The standard InChI is InChI=1S/C45H35N9O5S/c1-28-22-34(15-20-38(28)48-46-33-16-21-39(29(2)23-33)49-50-40-12-8-9-13-44(40)60(57,58)59)47-52-42-24-31(4)43(25-30(42)3)53-51-41-19-14-32-26-36(17-18-37(32)45(41)56)54(27-55)35-10-6-5-7-11-35/h5-26H,1-4H3,(H-,46,47,50,53,56,57,58,59)/p+1. The van der Waals surface area contributed by atoms with Crippen LogP contribution in [-0.4, -0.2) is 24.2 Å². The van der Waals surface area contributed by atoms with Gasteiger partial charge in [0.05, 0.1) is 34.1 Å². The van der Waals surface area contributed by atoms with Gasteiger partial charge in [-0.25, -0.2) is 0 Å². The number of hydrogen-bond donors (Lipinski definition) is 2. The van der Waals surface area contributed by atoms with Crippen LogP contribution in [0, 0.1) is 27.7 Å². The molecule has 2 N–H and O–H groups in total. The number of aromatic hydroxyl groups is 1. The summed E-state index contributed by atoms with van der Waals surface area (Å²) in [5.74, 6) is -0.0263. The maximum atomic E-state index is 11.8. The molecule has 7 aromatic carbocycles. The average molecular weight is 815 g/mol. The lowest BCUT2D eigenvalue weighted by molar-refractivity contribution is 0.482. The molecular formula is C45H36N9O5S+. The quantitative estimate of drug-likeness (QED) is 0.0430. The Balaban J connectivity index is 1.01. The van der Waals surface area contributed by atoms with Gasteiger partial charge in [0.25, 0.3) is 10.1 Å². The van der Waals surface area contributed by atoms with Crippen LogP contribution in [-0.2, 0) is 14.9 Å². The molecule has 15 heteroatoms. The molecule has 0 aromatic heterocycles. The number of carbonyl (C=O) groups excluding carboxylic acids is 1. The van der Waals surface area contributed by atoms with Crippen LogP contribution in [0.1, 0.15) is 22.3 Å². The van der Waals surface area contributed by atoms with E-state index in [2.05, 4.69) is 40.9 Å². The average Bonchev–Trinajstić information content (AvgIpc) is 3.23. The van der Waals surface area contributed by atoms with Crippen LogP contribution in [0.15, 0.2) is 179 Å². The molecule has 7 rings (SSSR count). The number of isocyanates is 1. The van der Waals surface area contributed by atoms with E-state index < -0.39 is 10.1 Å². The number of nitrogens with zero attached hydrogens (tertiary/aromatic N) is 9. The molecule has 0 saturated heterocycles. The van der Waals surface area contributed by atoms with E-state index in [1.54, 1.807) is 60.7 Å². The van der Waals surface area contributed by atoms with Crippen molar-refractivity contribution in [2.45, 2.75) is 32.6 Å². The summed E-state index contributed by atoms with van der Waals surface area (Å²) < 4.78 is 34.2. The van der Waals surface area contributed by atoms with Crippen molar-refractivity contribution in [3.63, 3.8) is 0 Å². The number of phenols is 1. The van der Waals surface area contributed by atoms with E-state index in [4.69, 9.17) is 0 Å². The Morgan fingerprint density at radius 1 is 0.483 bits per heavy atom. The van der Waals surface area contributed by atoms with Gasteiger partial charge in [0.15, 0.2) is 5.75 Å². The molecule has 0 bridgehead atoms. The minimum absolute atomic E-state index is 0.0221. The number of fused-ring (bicyclic) bond motifs is 1. The van der Waals surface area contributed by atoms with E-state index in [9.17, 15) is 22.9 Å². The SMILES string of the molecule is Cc1cc(N=Nc2cc(C)c(N=Nc3ccc4cc([N+](=C=O)c5ccccc5)ccc4c3O)cc2C)ccc1N=Nc1ccc(N=Nc2ccccc2S(=O)(=O)O)c(C)c1. The Hall–Kier alpha value is -7.71. The molecule has 7 aromatic rings. The fraction of sp³-hybridized carbons (Fsp3) is 0.0889. The van der Waals surface area contributed by atoms with Gasteiger partial charge >= 0.3 is 6.08 Å². The summed E-state index contributed by atoms with van der Waals surface area (Å²) in [4.78, 5) is 11.5. The third kappa shape index (κ3) is 9.19. The van der Waals surface area contributed by atoms with Crippen LogP contribution in [0.25, 0.3) is 10.8 Å². The second-order valence-electron chi connectivity index (χ2n) is 13.7. The minimum atomic E-state index is -4.45. The maximum Gasteiger partial charge on any atom is 0.437 e. The zero-order valence-corrected chi connectivity index (χ0v) is 33.6. The molecule has 0 amide bonds. The van der Waals surface area contributed by atoms with Crippen molar-refractivity contribution < 1.29 is 22.9 Å². The molecule has 0 heterocycles. The highest BCUT2D eigenvalue weighted by molar-refractivity contribution is 7.86. The van der Waals surface area contributed by atoms with E-state index in [-0.39, 0.29) is 16.3 Å². The zero-order chi connectivity index (χ0) is 42.4. The predicted molar refractivity (Wildman–Crippen MR) is 230 cm³/mol. The summed E-state index contributed by atoms with van der Waals surface area (Å²) in [5, 5.41) is 47.1. The van der Waals surface area contributed by atoms with E-state index in [1.165, 1.54) is 22.8 Å². The van der Waals surface area contributed by atoms with Crippen molar-refractivity contribution in [2.24, 2.45) is 40.9 Å². The van der Waals surface area contributed by atoms with E-state index in [0.717, 1.165) is 27.6 Å². The number of para-hydroxylation sites is 1. The summed E-state index contributed by atoms with van der Waals surface area (Å²) in [6.45, 7) is 7.52. The lowest BCUT2D eigenvalue weighted by atomic mass is 10.1. The van der Waals surface area contributed by atoms with Gasteiger partial charge in [-0.15, -0.1) is 10.2 Å². The molecule has 0 unspecified atom stereocenters. The van der Waals surface area contributed by atoms with Crippen molar-refractivity contribution in [1.82, 2.24) is 4.58 Å². The van der Waals surface area contributed by atoms with E-state index >= 15 is 0 Å². The van der Waals surface area contributed by atoms with Gasteiger partial charge in [-0.3, -0.25) is 4.55 Å². The molecule has 0 aliphatic carbocycles. The first kappa shape index (κ1) is 40.5. The molecule has 14 nitrogen and oxygen atoms in total. The second kappa shape index (κ2) is 17.4. The Labute approximate surface area is 345 Å². The number of benzene rings is 7. The highest BCUT2D eigenvalue weighted by Gasteiger charge is 2.17. The Morgan fingerprint density at radius 3 is 1.58 bits per heavy atom. The molecule has 0 atom stereocenters. The Morgan fingerprint density at radius 2 is 0.983 bits per heavy atom. The van der Waals surface area contributed by atoms with Gasteiger partial charge < -0.3 is 5.11 Å². The molecule has 0 saturated carbocycles. The van der Waals surface area contributed by atoms with Crippen molar-refractivity contribution >= 4 is 83.8 Å². The molecule has 60 heavy (non-hydrogen) atoms. The van der Waals surface area contributed by atoms with Crippen LogP contribution in [0.2, 0.25) is 0 Å². The fourth-order valence-electron chi connectivity index (χ4n) is 6.17. The minimum Gasteiger partial charge on any atom is -0.505 e. The van der Waals surface area contributed by atoms with Gasteiger partial charge in [-0.2, -0.15) is 43.9 Å². The number of phenolic OH excluding ortho intramolecular Hbond substituents is 1. The zero-order valence-electron chi connectivity index (χ0n) is 32.8. The first-order chi connectivity index (χ1) is 28.9. The highest BCUT2D eigenvalue weighted by atomic mass is 32.2. The molecule has 0 fully saturated rings. The van der Waals surface area contributed by atoms with Gasteiger partial charge in [-0.1, -0.05) is 41.0 Å². The van der Waals surface area contributed by atoms with Crippen molar-refractivity contribution in [3.05, 3.63) is 156 Å². The Kier molecular flexibility index (Phi) is 11.8. The van der Waals surface area contributed by atoms with Crippen molar-refractivity contribution in [3.8, 4) is 5.75 Å². The summed E-state index contributed by atoms with van der Waals surface area (Å²) in [6.07, 6.45) is 1.97. The van der Waals surface area contributed by atoms with Crippen LogP contribution in [0.4, 0.5) is 56.9 Å². The number of hydrogen-bond acceptors (Lipinski definition) is 12. The van der Waals surface area contributed by atoms with E-state index in [0.29, 0.717) is 56.6 Å². The van der Waals surface area contributed by atoms with Crippen LogP contribution < -0.4 is 4.58 Å². The van der Waals surface area contributed by atoms with Crippen LogP contribution in [0.5, 0.6) is 5.75 Å². The fourth-order valence-corrected chi connectivity index (χ4v) is 6.79. The molecule has 0 spiro atoms. The maximum absolute atomic E-state index is 11.8. The molecule has 0 radical (unpaired) electrons. The molecule has 0 aliphatic heterocycles. The summed E-state index contributed by atoms with van der Waals surface area (Å²) >= 11 is 0. The predicted octanol–water partition coefficient (Wildman–Crippen LogP) is 13.9. The van der Waals surface area contributed by atoms with Gasteiger partial charge in [0, 0.05) is 29.7 Å². The largest absolute Gasteiger partial charge is 0.505 e. The lowest BCUT2D eigenvalue weighted by Crippen LogP contribution is -2.01. The third-order valence-corrected chi connectivity index (χ3v) is 10.3. The van der Waals surface area contributed by atoms with E-state index in [1.807, 2.05) is 88.4 Å². The molecule has 296 valence electrons.